The topological polar surface area (TPSA) is 46.1 Å². The predicted molar refractivity (Wildman–Crippen MR) is 93.6 cm³/mol. The van der Waals surface area contributed by atoms with Crippen LogP contribution in [0.3, 0.4) is 0 Å². The van der Waals surface area contributed by atoms with Gasteiger partial charge in [0.05, 0.1) is 6.04 Å². The summed E-state index contributed by atoms with van der Waals surface area (Å²) in [6, 6.07) is 12.1. The Morgan fingerprint density at radius 3 is 2.88 bits per heavy atom. The summed E-state index contributed by atoms with van der Waals surface area (Å²) in [5, 5.41) is 0.694. The van der Waals surface area contributed by atoms with Gasteiger partial charge in [0, 0.05) is 24.3 Å². The Morgan fingerprint density at radius 1 is 1.12 bits per heavy atom. The van der Waals surface area contributed by atoms with Gasteiger partial charge in [0.1, 0.15) is 17.0 Å². The summed E-state index contributed by atoms with van der Waals surface area (Å²) in [6.07, 6.45) is 6.48. The molecule has 0 aliphatic carbocycles. The third kappa shape index (κ3) is 2.97. The minimum absolute atomic E-state index is 0.00642. The van der Waals surface area contributed by atoms with Crippen LogP contribution in [0, 0.1) is 5.82 Å². The van der Waals surface area contributed by atoms with Crippen LogP contribution in [0.5, 0.6) is 0 Å². The van der Waals surface area contributed by atoms with Crippen molar-refractivity contribution >= 4 is 16.8 Å². The van der Waals surface area contributed by atoms with Gasteiger partial charge < -0.3 is 4.90 Å². The quantitative estimate of drug-likeness (QED) is 0.707. The molecule has 25 heavy (non-hydrogen) atoms. The number of likely N-dealkylation sites (tertiary alicyclic amines) is 1. The first kappa shape index (κ1) is 15.7. The Labute approximate surface area is 145 Å². The van der Waals surface area contributed by atoms with Crippen molar-refractivity contribution in [1.29, 1.82) is 0 Å². The molecule has 126 valence electrons. The molecule has 0 saturated carbocycles. The Bertz CT molecular complexity index is 913. The number of nitrogens with zero attached hydrogens (tertiary/aromatic N) is 3. The number of pyridine rings is 2. The first-order chi connectivity index (χ1) is 12.2. The molecule has 0 N–H and O–H groups in total. The van der Waals surface area contributed by atoms with E-state index >= 15 is 0 Å². The van der Waals surface area contributed by atoms with Crippen LogP contribution >= 0.6 is 0 Å². The SMILES string of the molecule is O=C(c1ccc2cccc(F)c2n1)N1CCCC[C@@H]1c1cccnc1. The van der Waals surface area contributed by atoms with E-state index in [9.17, 15) is 9.18 Å². The number of piperidine rings is 1. The molecular weight excluding hydrogens is 317 g/mol. The van der Waals surface area contributed by atoms with Gasteiger partial charge in [-0.15, -0.1) is 0 Å². The molecule has 3 heterocycles. The van der Waals surface area contributed by atoms with Gasteiger partial charge in [-0.2, -0.15) is 0 Å². The number of hydrogen-bond donors (Lipinski definition) is 0. The Balaban J connectivity index is 1.70. The van der Waals surface area contributed by atoms with E-state index in [0.29, 0.717) is 11.9 Å². The number of hydrogen-bond acceptors (Lipinski definition) is 3. The molecule has 1 saturated heterocycles. The van der Waals surface area contributed by atoms with Crippen molar-refractivity contribution in [1.82, 2.24) is 14.9 Å². The van der Waals surface area contributed by atoms with E-state index in [-0.39, 0.29) is 23.2 Å². The number of para-hydroxylation sites is 1. The molecule has 1 aliphatic rings. The highest BCUT2D eigenvalue weighted by Crippen LogP contribution is 2.31. The second-order valence-electron chi connectivity index (χ2n) is 6.30. The monoisotopic (exact) mass is 335 g/mol. The summed E-state index contributed by atoms with van der Waals surface area (Å²) in [5.74, 6) is -0.562. The molecule has 0 spiro atoms. The molecule has 1 aliphatic heterocycles. The van der Waals surface area contributed by atoms with E-state index in [1.54, 1.807) is 30.5 Å². The third-order valence-corrected chi connectivity index (χ3v) is 4.72. The normalized spacial score (nSPS) is 17.6. The zero-order chi connectivity index (χ0) is 17.2. The number of amides is 1. The zero-order valence-corrected chi connectivity index (χ0v) is 13.7. The highest BCUT2D eigenvalue weighted by Gasteiger charge is 2.29. The van der Waals surface area contributed by atoms with Crippen molar-refractivity contribution in [2.75, 3.05) is 6.54 Å². The van der Waals surface area contributed by atoms with Crippen LogP contribution < -0.4 is 0 Å². The van der Waals surface area contributed by atoms with Gasteiger partial charge >= 0.3 is 0 Å². The van der Waals surface area contributed by atoms with E-state index in [4.69, 9.17) is 0 Å². The molecule has 1 aromatic carbocycles. The van der Waals surface area contributed by atoms with Crippen molar-refractivity contribution in [3.05, 3.63) is 71.9 Å². The standard InChI is InChI=1S/C20H18FN3O/c21-16-7-3-5-14-9-10-17(23-19(14)16)20(25)24-12-2-1-8-18(24)15-6-4-11-22-13-15/h3-7,9-11,13,18H,1-2,8,12H2/t18-/m1/s1. The first-order valence-corrected chi connectivity index (χ1v) is 8.50. The molecular formula is C20H18FN3O. The minimum atomic E-state index is -0.408. The molecule has 1 atom stereocenters. The summed E-state index contributed by atoms with van der Waals surface area (Å²) in [5.41, 5.74) is 1.55. The average Bonchev–Trinajstić information content (AvgIpc) is 2.68. The molecule has 0 bridgehead atoms. The summed E-state index contributed by atoms with van der Waals surface area (Å²) in [7, 11) is 0. The lowest BCUT2D eigenvalue weighted by Crippen LogP contribution is -2.39. The molecule has 0 unspecified atom stereocenters. The maximum Gasteiger partial charge on any atom is 0.272 e. The van der Waals surface area contributed by atoms with Crippen LogP contribution in [-0.4, -0.2) is 27.3 Å². The van der Waals surface area contributed by atoms with E-state index in [1.807, 2.05) is 23.2 Å². The van der Waals surface area contributed by atoms with Crippen molar-refractivity contribution in [3.63, 3.8) is 0 Å². The highest BCUT2D eigenvalue weighted by molar-refractivity contribution is 5.95. The molecule has 5 heteroatoms. The van der Waals surface area contributed by atoms with Crippen molar-refractivity contribution < 1.29 is 9.18 Å². The Morgan fingerprint density at radius 2 is 2.04 bits per heavy atom. The van der Waals surface area contributed by atoms with E-state index in [2.05, 4.69) is 9.97 Å². The maximum absolute atomic E-state index is 14.0. The molecule has 1 amide bonds. The van der Waals surface area contributed by atoms with Gasteiger partial charge in [0.2, 0.25) is 0 Å². The second kappa shape index (κ2) is 6.59. The Kier molecular flexibility index (Phi) is 4.14. The second-order valence-corrected chi connectivity index (χ2v) is 6.30. The predicted octanol–water partition coefficient (Wildman–Crippen LogP) is 4.14. The van der Waals surface area contributed by atoms with Crippen molar-refractivity contribution in [2.24, 2.45) is 0 Å². The van der Waals surface area contributed by atoms with E-state index < -0.39 is 5.82 Å². The summed E-state index contributed by atoms with van der Waals surface area (Å²) < 4.78 is 14.0. The maximum atomic E-state index is 14.0. The van der Waals surface area contributed by atoms with Crippen LogP contribution in [0.1, 0.15) is 41.4 Å². The number of fused-ring (bicyclic) bond motifs is 1. The van der Waals surface area contributed by atoms with Gasteiger partial charge in [-0.3, -0.25) is 9.78 Å². The fourth-order valence-corrected chi connectivity index (χ4v) is 3.47. The summed E-state index contributed by atoms with van der Waals surface area (Å²) in [6.45, 7) is 0.676. The zero-order valence-electron chi connectivity index (χ0n) is 13.7. The number of rotatable bonds is 2. The molecule has 4 nitrogen and oxygen atoms in total. The molecule has 3 aromatic rings. The molecule has 4 rings (SSSR count). The average molecular weight is 335 g/mol. The Hall–Kier alpha value is -2.82. The van der Waals surface area contributed by atoms with E-state index in [1.165, 1.54) is 6.07 Å². The van der Waals surface area contributed by atoms with Crippen LogP contribution in [0.4, 0.5) is 4.39 Å². The molecule has 2 aromatic heterocycles. The minimum Gasteiger partial charge on any atom is -0.330 e. The lowest BCUT2D eigenvalue weighted by atomic mass is 9.96. The number of benzene rings is 1. The smallest absolute Gasteiger partial charge is 0.272 e. The van der Waals surface area contributed by atoms with Gasteiger partial charge in [-0.1, -0.05) is 24.3 Å². The van der Waals surface area contributed by atoms with Crippen LogP contribution in [0.25, 0.3) is 10.9 Å². The third-order valence-electron chi connectivity index (χ3n) is 4.72. The number of halogens is 1. The van der Waals surface area contributed by atoms with Gasteiger partial charge in [-0.25, -0.2) is 9.37 Å². The van der Waals surface area contributed by atoms with Gasteiger partial charge in [0.25, 0.3) is 5.91 Å². The van der Waals surface area contributed by atoms with Crippen LogP contribution in [0.2, 0.25) is 0 Å². The summed E-state index contributed by atoms with van der Waals surface area (Å²) >= 11 is 0. The van der Waals surface area contributed by atoms with Gasteiger partial charge in [0.15, 0.2) is 0 Å². The van der Waals surface area contributed by atoms with Crippen molar-refractivity contribution in [2.45, 2.75) is 25.3 Å². The number of aromatic nitrogens is 2. The highest BCUT2D eigenvalue weighted by atomic mass is 19.1. The lowest BCUT2D eigenvalue weighted by Gasteiger charge is -2.35. The van der Waals surface area contributed by atoms with Crippen LogP contribution in [0.15, 0.2) is 54.9 Å². The molecule has 1 fully saturated rings. The largest absolute Gasteiger partial charge is 0.330 e. The number of carbonyl (C=O) groups is 1. The van der Waals surface area contributed by atoms with Crippen LogP contribution in [-0.2, 0) is 0 Å². The van der Waals surface area contributed by atoms with E-state index in [0.717, 1.165) is 24.8 Å². The lowest BCUT2D eigenvalue weighted by molar-refractivity contribution is 0.0605. The molecule has 0 radical (unpaired) electrons. The fraction of sp³-hybridized carbons (Fsp3) is 0.250. The first-order valence-electron chi connectivity index (χ1n) is 8.50. The number of carbonyl (C=O) groups excluding carboxylic acids is 1. The fourth-order valence-electron chi connectivity index (χ4n) is 3.47. The summed E-state index contributed by atoms with van der Waals surface area (Å²) in [4.78, 5) is 23.4. The van der Waals surface area contributed by atoms with Gasteiger partial charge in [-0.05, 0) is 43.0 Å². The van der Waals surface area contributed by atoms with Crippen molar-refractivity contribution in [3.8, 4) is 0 Å².